The van der Waals surface area contributed by atoms with Gasteiger partial charge in [0.05, 0.1) is 11.9 Å². The Morgan fingerprint density at radius 1 is 1.36 bits per heavy atom. The average molecular weight is 190 g/mol. The lowest BCUT2D eigenvalue weighted by atomic mass is 10.2. The molecule has 0 atom stereocenters. The van der Waals surface area contributed by atoms with E-state index in [1.54, 1.807) is 6.07 Å². The highest BCUT2D eigenvalue weighted by atomic mass is 16.3. The number of hydrogen-bond donors (Lipinski definition) is 2. The number of para-hydroxylation sites is 1. The van der Waals surface area contributed by atoms with E-state index in [2.05, 4.69) is 4.98 Å². The van der Waals surface area contributed by atoms with Gasteiger partial charge >= 0.3 is 5.69 Å². The molecule has 0 fully saturated rings. The number of nitrogens with one attached hydrogen (secondary N) is 1. The van der Waals surface area contributed by atoms with E-state index in [4.69, 9.17) is 0 Å². The fourth-order valence-electron chi connectivity index (χ4n) is 1.41. The SMILES string of the molecule is Cc1ccccc1-n1c(O)c[nH]c1=O. The Hall–Kier alpha value is -1.97. The number of rotatable bonds is 1. The molecule has 4 nitrogen and oxygen atoms in total. The number of benzene rings is 1. The highest BCUT2D eigenvalue weighted by Crippen LogP contribution is 2.16. The van der Waals surface area contributed by atoms with E-state index in [1.807, 2.05) is 25.1 Å². The summed E-state index contributed by atoms with van der Waals surface area (Å²) in [6.45, 7) is 1.88. The van der Waals surface area contributed by atoms with Gasteiger partial charge < -0.3 is 10.1 Å². The Morgan fingerprint density at radius 2 is 2.07 bits per heavy atom. The standard InChI is InChI=1S/C10H10N2O2/c1-7-4-2-3-5-8(7)12-9(13)6-11-10(12)14/h2-6,13H,1H3,(H,11,14). The molecule has 0 spiro atoms. The summed E-state index contributed by atoms with van der Waals surface area (Å²) >= 11 is 0. The molecule has 0 aliphatic heterocycles. The van der Waals surface area contributed by atoms with Gasteiger partial charge in [-0.15, -0.1) is 0 Å². The van der Waals surface area contributed by atoms with Gasteiger partial charge in [-0.1, -0.05) is 18.2 Å². The maximum absolute atomic E-state index is 11.3. The summed E-state index contributed by atoms with van der Waals surface area (Å²) < 4.78 is 1.23. The Labute approximate surface area is 80.4 Å². The van der Waals surface area contributed by atoms with E-state index in [0.29, 0.717) is 5.69 Å². The van der Waals surface area contributed by atoms with E-state index in [0.717, 1.165) is 5.56 Å². The van der Waals surface area contributed by atoms with Gasteiger partial charge in [0.1, 0.15) is 0 Å². The van der Waals surface area contributed by atoms with Crippen molar-refractivity contribution in [2.45, 2.75) is 6.92 Å². The van der Waals surface area contributed by atoms with Gasteiger partial charge in [0, 0.05) is 0 Å². The molecule has 0 bridgehead atoms. The molecule has 0 unspecified atom stereocenters. The highest BCUT2D eigenvalue weighted by molar-refractivity contribution is 5.42. The third kappa shape index (κ3) is 1.21. The normalized spacial score (nSPS) is 10.4. The Bertz CT molecular complexity index is 511. The Morgan fingerprint density at radius 3 is 2.64 bits per heavy atom. The minimum atomic E-state index is -0.336. The first-order valence-electron chi connectivity index (χ1n) is 4.25. The zero-order valence-corrected chi connectivity index (χ0v) is 7.69. The van der Waals surface area contributed by atoms with E-state index < -0.39 is 0 Å². The molecular formula is C10H10N2O2. The van der Waals surface area contributed by atoms with Gasteiger partial charge in [-0.3, -0.25) is 0 Å². The average Bonchev–Trinajstić information content (AvgIpc) is 2.48. The van der Waals surface area contributed by atoms with Crippen LogP contribution in [0.4, 0.5) is 0 Å². The van der Waals surface area contributed by atoms with Gasteiger partial charge in [-0.2, -0.15) is 0 Å². The van der Waals surface area contributed by atoms with Crippen LogP contribution in [-0.2, 0) is 0 Å². The van der Waals surface area contributed by atoms with Crippen molar-refractivity contribution in [3.05, 3.63) is 46.5 Å². The van der Waals surface area contributed by atoms with E-state index in [-0.39, 0.29) is 11.6 Å². The van der Waals surface area contributed by atoms with Crippen molar-refractivity contribution in [1.82, 2.24) is 9.55 Å². The second-order valence-corrected chi connectivity index (χ2v) is 3.07. The summed E-state index contributed by atoms with van der Waals surface area (Å²) in [6.07, 6.45) is 1.27. The van der Waals surface area contributed by atoms with E-state index in [1.165, 1.54) is 10.8 Å². The van der Waals surface area contributed by atoms with E-state index in [9.17, 15) is 9.90 Å². The lowest BCUT2D eigenvalue weighted by molar-refractivity contribution is 0.440. The Kier molecular flexibility index (Phi) is 1.89. The van der Waals surface area contributed by atoms with Crippen molar-refractivity contribution in [2.24, 2.45) is 0 Å². The van der Waals surface area contributed by atoms with Crippen molar-refractivity contribution in [3.63, 3.8) is 0 Å². The number of nitrogens with zero attached hydrogens (tertiary/aromatic N) is 1. The number of hydrogen-bond acceptors (Lipinski definition) is 2. The number of aryl methyl sites for hydroxylation is 1. The maximum atomic E-state index is 11.3. The summed E-state index contributed by atoms with van der Waals surface area (Å²) in [5.41, 5.74) is 1.29. The van der Waals surface area contributed by atoms with Crippen molar-refractivity contribution in [1.29, 1.82) is 0 Å². The molecule has 0 amide bonds. The monoisotopic (exact) mass is 190 g/mol. The Balaban J connectivity index is 2.72. The molecular weight excluding hydrogens is 180 g/mol. The number of H-pyrrole nitrogens is 1. The van der Waals surface area contributed by atoms with Crippen molar-refractivity contribution < 1.29 is 5.11 Å². The molecule has 14 heavy (non-hydrogen) atoms. The predicted molar refractivity (Wildman–Crippen MR) is 52.8 cm³/mol. The molecule has 0 aliphatic carbocycles. The summed E-state index contributed by atoms with van der Waals surface area (Å²) in [7, 11) is 0. The van der Waals surface area contributed by atoms with Crippen LogP contribution >= 0.6 is 0 Å². The van der Waals surface area contributed by atoms with Gasteiger partial charge in [0.25, 0.3) is 0 Å². The number of imidazole rings is 1. The van der Waals surface area contributed by atoms with Crippen LogP contribution in [0.25, 0.3) is 5.69 Å². The number of aromatic amines is 1. The molecule has 0 saturated carbocycles. The molecule has 1 heterocycles. The van der Waals surface area contributed by atoms with Crippen LogP contribution in [0, 0.1) is 6.92 Å². The first-order chi connectivity index (χ1) is 6.70. The van der Waals surface area contributed by atoms with Crippen molar-refractivity contribution >= 4 is 0 Å². The van der Waals surface area contributed by atoms with Crippen LogP contribution in [0.1, 0.15) is 5.56 Å². The topological polar surface area (TPSA) is 58.0 Å². The van der Waals surface area contributed by atoms with Crippen LogP contribution in [0.15, 0.2) is 35.3 Å². The van der Waals surface area contributed by atoms with Crippen molar-refractivity contribution in [2.75, 3.05) is 0 Å². The fraction of sp³-hybridized carbons (Fsp3) is 0.100. The van der Waals surface area contributed by atoms with Crippen LogP contribution in [-0.4, -0.2) is 14.7 Å². The largest absolute Gasteiger partial charge is 0.493 e. The fourth-order valence-corrected chi connectivity index (χ4v) is 1.41. The van der Waals surface area contributed by atoms with Gasteiger partial charge in [-0.05, 0) is 18.6 Å². The molecule has 0 radical (unpaired) electrons. The summed E-state index contributed by atoms with van der Waals surface area (Å²) in [5, 5.41) is 9.44. The van der Waals surface area contributed by atoms with Gasteiger partial charge in [0.15, 0.2) is 0 Å². The quantitative estimate of drug-likeness (QED) is 0.709. The van der Waals surface area contributed by atoms with Crippen LogP contribution in [0.3, 0.4) is 0 Å². The maximum Gasteiger partial charge on any atom is 0.333 e. The van der Waals surface area contributed by atoms with Crippen LogP contribution in [0.5, 0.6) is 5.88 Å². The van der Waals surface area contributed by atoms with Crippen molar-refractivity contribution in [3.8, 4) is 11.6 Å². The lowest BCUT2D eigenvalue weighted by Gasteiger charge is -2.05. The molecule has 0 saturated heterocycles. The minimum absolute atomic E-state index is 0.0794. The lowest BCUT2D eigenvalue weighted by Crippen LogP contribution is -2.15. The summed E-state index contributed by atoms with van der Waals surface area (Å²) in [5.74, 6) is -0.0794. The second-order valence-electron chi connectivity index (χ2n) is 3.07. The number of aromatic nitrogens is 2. The second kappa shape index (κ2) is 3.06. The van der Waals surface area contributed by atoms with E-state index >= 15 is 0 Å². The van der Waals surface area contributed by atoms with Crippen LogP contribution < -0.4 is 5.69 Å². The van der Waals surface area contributed by atoms with Gasteiger partial charge in [0.2, 0.25) is 5.88 Å². The molecule has 2 aromatic rings. The zero-order chi connectivity index (χ0) is 10.1. The molecule has 2 rings (SSSR count). The molecule has 0 aliphatic rings. The first-order valence-corrected chi connectivity index (χ1v) is 4.25. The third-order valence-corrected chi connectivity index (χ3v) is 2.11. The number of aromatic hydroxyl groups is 1. The van der Waals surface area contributed by atoms with Gasteiger partial charge in [-0.25, -0.2) is 9.36 Å². The van der Waals surface area contributed by atoms with Crippen LogP contribution in [0.2, 0.25) is 0 Å². The molecule has 1 aromatic carbocycles. The molecule has 1 aromatic heterocycles. The molecule has 2 N–H and O–H groups in total. The third-order valence-electron chi connectivity index (χ3n) is 2.11. The smallest absolute Gasteiger partial charge is 0.333 e. The molecule has 72 valence electrons. The predicted octanol–water partition coefficient (Wildman–Crippen LogP) is 1.18. The minimum Gasteiger partial charge on any atom is -0.493 e. The summed E-state index contributed by atoms with van der Waals surface area (Å²) in [4.78, 5) is 13.8. The molecule has 4 heteroatoms. The zero-order valence-electron chi connectivity index (χ0n) is 7.69. The first kappa shape index (κ1) is 8.62. The highest BCUT2D eigenvalue weighted by Gasteiger charge is 2.07. The summed E-state index contributed by atoms with van der Waals surface area (Å²) in [6, 6.07) is 7.37.